The summed E-state index contributed by atoms with van der Waals surface area (Å²) in [6.45, 7) is 6.27. The Bertz CT molecular complexity index is 206. The molecule has 0 heterocycles. The molecule has 0 aromatic rings. The third-order valence-electron chi connectivity index (χ3n) is 1.85. The van der Waals surface area contributed by atoms with Gasteiger partial charge in [-0.1, -0.05) is 6.92 Å². The number of rotatable bonds is 6. The van der Waals surface area contributed by atoms with Crippen molar-refractivity contribution < 1.29 is 9.59 Å². The Hall–Kier alpha value is -1.10. The van der Waals surface area contributed by atoms with Crippen LogP contribution in [0.2, 0.25) is 0 Å². The lowest BCUT2D eigenvalue weighted by atomic mass is 10.2. The summed E-state index contributed by atoms with van der Waals surface area (Å²) in [4.78, 5) is 21.9. The highest BCUT2D eigenvalue weighted by Gasteiger charge is 2.13. The molecule has 0 bridgehead atoms. The van der Waals surface area contributed by atoms with Crippen molar-refractivity contribution in [2.75, 3.05) is 6.54 Å². The van der Waals surface area contributed by atoms with Gasteiger partial charge in [0.15, 0.2) is 0 Å². The molecular weight excluding hydrogens is 182 g/mol. The second-order valence-electron chi connectivity index (χ2n) is 3.35. The quantitative estimate of drug-likeness (QED) is 0.534. The van der Waals surface area contributed by atoms with Gasteiger partial charge in [-0.05, 0) is 20.4 Å². The molecule has 0 aliphatic heterocycles. The van der Waals surface area contributed by atoms with Gasteiger partial charge in [-0.2, -0.15) is 0 Å². The van der Waals surface area contributed by atoms with Crippen LogP contribution in [0.15, 0.2) is 0 Å². The van der Waals surface area contributed by atoms with E-state index in [0.717, 1.165) is 6.54 Å². The summed E-state index contributed by atoms with van der Waals surface area (Å²) < 4.78 is 0. The van der Waals surface area contributed by atoms with Crippen molar-refractivity contribution in [3.63, 3.8) is 0 Å². The van der Waals surface area contributed by atoms with E-state index in [4.69, 9.17) is 5.73 Å². The average molecular weight is 201 g/mol. The van der Waals surface area contributed by atoms with E-state index >= 15 is 0 Å². The second kappa shape index (κ2) is 6.37. The zero-order valence-electron chi connectivity index (χ0n) is 8.96. The minimum absolute atomic E-state index is 0.111. The maximum Gasteiger partial charge on any atom is 0.239 e. The molecule has 0 saturated carbocycles. The Balaban J connectivity index is 3.80. The molecule has 0 aromatic heterocycles. The number of primary amides is 1. The highest BCUT2D eigenvalue weighted by atomic mass is 16.2. The van der Waals surface area contributed by atoms with E-state index in [9.17, 15) is 9.59 Å². The third-order valence-corrected chi connectivity index (χ3v) is 1.85. The predicted molar refractivity (Wildman–Crippen MR) is 54.6 cm³/mol. The van der Waals surface area contributed by atoms with Crippen LogP contribution in [0.3, 0.4) is 0 Å². The zero-order valence-corrected chi connectivity index (χ0v) is 8.96. The van der Waals surface area contributed by atoms with Gasteiger partial charge in [0.2, 0.25) is 11.8 Å². The molecule has 4 N–H and O–H groups in total. The lowest BCUT2D eigenvalue weighted by Crippen LogP contribution is -2.44. The minimum Gasteiger partial charge on any atom is -0.368 e. The number of hydrogen-bond donors (Lipinski definition) is 3. The number of hydrogen-bond acceptors (Lipinski definition) is 3. The normalized spacial score (nSPS) is 14.5. The van der Waals surface area contributed by atoms with Gasteiger partial charge in [-0.3, -0.25) is 9.59 Å². The number of nitrogens with one attached hydrogen (secondary N) is 2. The fraction of sp³-hybridized carbons (Fsp3) is 0.778. The predicted octanol–water partition coefficient (Wildman–Crippen LogP) is -0.635. The summed E-state index contributed by atoms with van der Waals surface area (Å²) in [5, 5.41) is 5.62. The SMILES string of the molecule is CCNC(C)CC(=O)NC(C)C(N)=O. The van der Waals surface area contributed by atoms with Gasteiger partial charge in [0.25, 0.3) is 0 Å². The second-order valence-corrected chi connectivity index (χ2v) is 3.35. The first-order chi connectivity index (χ1) is 6.47. The van der Waals surface area contributed by atoms with Crippen molar-refractivity contribution >= 4 is 11.8 Å². The Morgan fingerprint density at radius 3 is 2.36 bits per heavy atom. The van der Waals surface area contributed by atoms with Crippen molar-refractivity contribution in [3.05, 3.63) is 0 Å². The summed E-state index contributed by atoms with van der Waals surface area (Å²) in [7, 11) is 0. The van der Waals surface area contributed by atoms with E-state index in [2.05, 4.69) is 10.6 Å². The molecule has 0 fully saturated rings. The molecule has 0 rings (SSSR count). The molecule has 0 aromatic carbocycles. The van der Waals surface area contributed by atoms with Gasteiger partial charge in [-0.25, -0.2) is 0 Å². The maximum atomic E-state index is 11.3. The molecule has 0 aliphatic rings. The van der Waals surface area contributed by atoms with Crippen LogP contribution < -0.4 is 16.4 Å². The highest BCUT2D eigenvalue weighted by Crippen LogP contribution is 1.91. The van der Waals surface area contributed by atoms with Crippen molar-refractivity contribution in [1.29, 1.82) is 0 Å². The van der Waals surface area contributed by atoms with E-state index in [0.29, 0.717) is 6.42 Å². The Labute approximate surface area is 84.4 Å². The van der Waals surface area contributed by atoms with Crippen LogP contribution in [0.4, 0.5) is 0 Å². The van der Waals surface area contributed by atoms with Crippen LogP contribution in [0.1, 0.15) is 27.2 Å². The van der Waals surface area contributed by atoms with Crippen LogP contribution in [0.25, 0.3) is 0 Å². The summed E-state index contributed by atoms with van der Waals surface area (Å²) in [6.07, 6.45) is 0.353. The van der Waals surface area contributed by atoms with Crippen LogP contribution in [-0.4, -0.2) is 30.4 Å². The first-order valence-electron chi connectivity index (χ1n) is 4.79. The van der Waals surface area contributed by atoms with Gasteiger partial charge >= 0.3 is 0 Å². The number of carbonyl (C=O) groups is 2. The molecule has 5 nitrogen and oxygen atoms in total. The standard InChI is InChI=1S/C9H19N3O2/c1-4-11-6(2)5-8(13)12-7(3)9(10)14/h6-7,11H,4-5H2,1-3H3,(H2,10,14)(H,12,13). The molecule has 5 heteroatoms. The molecular formula is C9H19N3O2. The molecule has 0 aliphatic carbocycles. The largest absolute Gasteiger partial charge is 0.368 e. The van der Waals surface area contributed by atoms with E-state index in [1.54, 1.807) is 6.92 Å². The van der Waals surface area contributed by atoms with Crippen molar-refractivity contribution in [1.82, 2.24) is 10.6 Å². The van der Waals surface area contributed by atoms with Gasteiger partial charge in [0.05, 0.1) is 0 Å². The van der Waals surface area contributed by atoms with E-state index in [-0.39, 0.29) is 11.9 Å². The molecule has 82 valence electrons. The monoisotopic (exact) mass is 201 g/mol. The number of nitrogens with two attached hydrogens (primary N) is 1. The third kappa shape index (κ3) is 5.53. The van der Waals surface area contributed by atoms with Crippen LogP contribution in [0, 0.1) is 0 Å². The van der Waals surface area contributed by atoms with E-state index in [1.807, 2.05) is 13.8 Å². The van der Waals surface area contributed by atoms with Crippen LogP contribution in [-0.2, 0) is 9.59 Å². The molecule has 2 unspecified atom stereocenters. The number of amides is 2. The van der Waals surface area contributed by atoms with Crippen molar-refractivity contribution in [2.24, 2.45) is 5.73 Å². The Morgan fingerprint density at radius 2 is 1.93 bits per heavy atom. The van der Waals surface area contributed by atoms with Gasteiger partial charge in [0.1, 0.15) is 6.04 Å². The van der Waals surface area contributed by atoms with Crippen LogP contribution in [0.5, 0.6) is 0 Å². The Kier molecular flexibility index (Phi) is 5.87. The molecule has 2 amide bonds. The first kappa shape index (κ1) is 12.9. The summed E-state index contributed by atoms with van der Waals surface area (Å²) in [5.41, 5.74) is 5.00. The number of carbonyl (C=O) groups excluding carboxylic acids is 2. The zero-order chi connectivity index (χ0) is 11.1. The fourth-order valence-corrected chi connectivity index (χ4v) is 1.07. The Morgan fingerprint density at radius 1 is 1.36 bits per heavy atom. The lowest BCUT2D eigenvalue weighted by Gasteiger charge is -2.14. The topological polar surface area (TPSA) is 84.2 Å². The van der Waals surface area contributed by atoms with Gasteiger partial charge in [0, 0.05) is 12.5 Å². The lowest BCUT2D eigenvalue weighted by molar-refractivity contribution is -0.127. The van der Waals surface area contributed by atoms with Gasteiger partial charge in [-0.15, -0.1) is 0 Å². The highest BCUT2D eigenvalue weighted by molar-refractivity contribution is 5.86. The van der Waals surface area contributed by atoms with E-state index in [1.165, 1.54) is 0 Å². The van der Waals surface area contributed by atoms with Crippen molar-refractivity contribution in [3.8, 4) is 0 Å². The van der Waals surface area contributed by atoms with Gasteiger partial charge < -0.3 is 16.4 Å². The summed E-state index contributed by atoms with van der Waals surface area (Å²) in [5.74, 6) is -0.681. The smallest absolute Gasteiger partial charge is 0.239 e. The average Bonchev–Trinajstić information content (AvgIpc) is 2.03. The van der Waals surface area contributed by atoms with Crippen LogP contribution >= 0.6 is 0 Å². The summed E-state index contributed by atoms with van der Waals surface area (Å²) >= 11 is 0. The fourth-order valence-electron chi connectivity index (χ4n) is 1.07. The van der Waals surface area contributed by atoms with E-state index < -0.39 is 11.9 Å². The summed E-state index contributed by atoms with van der Waals surface area (Å²) in [6, 6.07) is -0.489. The molecule has 0 spiro atoms. The molecule has 0 radical (unpaired) electrons. The molecule has 0 saturated heterocycles. The minimum atomic E-state index is -0.601. The molecule has 2 atom stereocenters. The molecule has 14 heavy (non-hydrogen) atoms. The van der Waals surface area contributed by atoms with Crippen molar-refractivity contribution in [2.45, 2.75) is 39.3 Å². The maximum absolute atomic E-state index is 11.3. The first-order valence-corrected chi connectivity index (χ1v) is 4.79.